The Balaban J connectivity index is 1.62. The second-order valence-corrected chi connectivity index (χ2v) is 11.1. The number of carboxylic acid groups (broad SMARTS) is 1. The largest absolute Gasteiger partial charge is 0.497 e. The van der Waals surface area contributed by atoms with Crippen LogP contribution in [-0.4, -0.2) is 68.2 Å². The molecule has 160 valence electrons. The van der Waals surface area contributed by atoms with Gasteiger partial charge in [-0.3, -0.25) is 9.59 Å². The number of β-lactam (4-membered cyclic amide) rings is 1. The van der Waals surface area contributed by atoms with Crippen molar-refractivity contribution in [3.63, 3.8) is 0 Å². The van der Waals surface area contributed by atoms with Crippen molar-refractivity contribution in [1.82, 2.24) is 15.1 Å². The summed E-state index contributed by atoms with van der Waals surface area (Å²) in [6.45, 7) is 2.01. The molecule has 8 nitrogen and oxygen atoms in total. The summed E-state index contributed by atoms with van der Waals surface area (Å²) in [4.78, 5) is 26.5. The van der Waals surface area contributed by atoms with Crippen LogP contribution >= 0.6 is 34.9 Å². The highest BCUT2D eigenvalue weighted by Crippen LogP contribution is 2.50. The first-order chi connectivity index (χ1) is 14.3. The quantitative estimate of drug-likeness (QED) is 0.465. The normalized spacial score (nSPS) is 28.0. The molecule has 0 spiro atoms. The number of amides is 1. The molecule has 2 saturated heterocycles. The zero-order chi connectivity index (χ0) is 21.5. The number of nitrogens with two attached hydrogens (primary N) is 1. The van der Waals surface area contributed by atoms with Gasteiger partial charge in [-0.05, 0) is 31.0 Å². The average molecular weight is 467 g/mol. The second kappa shape index (κ2) is 8.37. The van der Waals surface area contributed by atoms with Crippen LogP contribution in [0.2, 0.25) is 0 Å². The van der Waals surface area contributed by atoms with Gasteiger partial charge >= 0.3 is 5.97 Å². The third-order valence-electron chi connectivity index (χ3n) is 5.52. The van der Waals surface area contributed by atoms with E-state index in [1.807, 2.05) is 31.2 Å². The molecule has 0 bridgehead atoms. The Hall–Kier alpha value is -1.82. The van der Waals surface area contributed by atoms with Gasteiger partial charge in [0, 0.05) is 17.5 Å². The van der Waals surface area contributed by atoms with E-state index in [-0.39, 0.29) is 23.1 Å². The predicted octanol–water partition coefficient (Wildman–Crippen LogP) is 1.87. The number of carbonyl (C=O) groups excluding carboxylic acids is 1. The van der Waals surface area contributed by atoms with Crippen molar-refractivity contribution in [3.05, 3.63) is 34.8 Å². The maximum Gasteiger partial charge on any atom is 0.313 e. The van der Waals surface area contributed by atoms with Crippen LogP contribution in [0.5, 0.6) is 5.75 Å². The monoisotopic (exact) mass is 466 g/mol. The fourth-order valence-corrected chi connectivity index (χ4v) is 7.68. The fourth-order valence-electron chi connectivity index (χ4n) is 3.73. The number of carboxylic acids is 1. The number of ether oxygens (including phenoxy) is 1. The van der Waals surface area contributed by atoms with Crippen molar-refractivity contribution < 1.29 is 19.4 Å². The lowest BCUT2D eigenvalue weighted by Gasteiger charge is -2.56. The first-order valence-corrected chi connectivity index (χ1v) is 12.1. The van der Waals surface area contributed by atoms with Gasteiger partial charge in [0.2, 0.25) is 5.91 Å². The molecule has 4 atom stereocenters. The molecular formula is C19H22N4O4S3. The van der Waals surface area contributed by atoms with E-state index in [1.165, 1.54) is 34.9 Å². The fraction of sp³-hybridized carbons (Fsp3) is 0.474. The molecular weight excluding hydrogens is 444 g/mol. The van der Waals surface area contributed by atoms with Crippen LogP contribution < -0.4 is 10.5 Å². The highest BCUT2D eigenvalue weighted by atomic mass is 32.2. The molecule has 0 saturated carbocycles. The number of carbonyl (C=O) groups is 2. The van der Waals surface area contributed by atoms with Crippen molar-refractivity contribution in [3.8, 4) is 5.75 Å². The van der Waals surface area contributed by atoms with Crippen molar-refractivity contribution in [2.75, 3.05) is 19.4 Å². The van der Waals surface area contributed by atoms with Gasteiger partial charge in [0.25, 0.3) is 0 Å². The van der Waals surface area contributed by atoms with Gasteiger partial charge in [0.05, 0.1) is 7.11 Å². The van der Waals surface area contributed by atoms with Gasteiger partial charge in [-0.15, -0.1) is 22.0 Å². The molecule has 11 heteroatoms. The Labute approximate surface area is 186 Å². The number of nitrogens with zero attached hydrogens (tertiary/aromatic N) is 3. The van der Waals surface area contributed by atoms with Gasteiger partial charge in [-0.2, -0.15) is 0 Å². The number of methoxy groups -OCH3 is 1. The van der Waals surface area contributed by atoms with E-state index in [4.69, 9.17) is 10.5 Å². The summed E-state index contributed by atoms with van der Waals surface area (Å²) in [6, 6.07) is 7.07. The lowest BCUT2D eigenvalue weighted by molar-refractivity contribution is -0.156. The van der Waals surface area contributed by atoms with E-state index in [1.54, 1.807) is 12.0 Å². The van der Waals surface area contributed by atoms with E-state index < -0.39 is 17.4 Å². The minimum Gasteiger partial charge on any atom is -0.497 e. The van der Waals surface area contributed by atoms with Gasteiger partial charge in [-0.1, -0.05) is 35.2 Å². The minimum absolute atomic E-state index is 0.151. The molecule has 30 heavy (non-hydrogen) atoms. The van der Waals surface area contributed by atoms with E-state index in [0.29, 0.717) is 12.2 Å². The number of hydrogen-bond donors (Lipinski definition) is 2. The molecule has 2 aromatic rings. The van der Waals surface area contributed by atoms with Crippen LogP contribution in [0, 0.1) is 12.3 Å². The summed E-state index contributed by atoms with van der Waals surface area (Å²) in [5, 5.41) is 18.9. The van der Waals surface area contributed by atoms with Crippen LogP contribution in [0.25, 0.3) is 0 Å². The first kappa shape index (κ1) is 21.4. The number of aromatic nitrogens is 2. The smallest absolute Gasteiger partial charge is 0.313 e. The molecule has 1 aromatic carbocycles. The van der Waals surface area contributed by atoms with E-state index in [0.717, 1.165) is 20.7 Å². The van der Waals surface area contributed by atoms with Crippen LogP contribution in [0.3, 0.4) is 0 Å². The molecule has 3 unspecified atom stereocenters. The van der Waals surface area contributed by atoms with Gasteiger partial charge in [-0.25, -0.2) is 0 Å². The lowest BCUT2D eigenvalue weighted by Crippen LogP contribution is -2.74. The number of thioether (sulfide) groups is 2. The first-order valence-electron chi connectivity index (χ1n) is 9.35. The van der Waals surface area contributed by atoms with Crippen molar-refractivity contribution in [1.29, 1.82) is 0 Å². The topological polar surface area (TPSA) is 119 Å². The molecule has 4 rings (SSSR count). The molecule has 0 radical (unpaired) electrons. The standard InChI is InChI=1S/C19H22N4O4S3/c1-10-21-22-18(29-10)28-9-19(17(25)26)8-23-15(24)14(20)16(23)30-13(19)7-11-3-5-12(27-2)6-4-11/h3-6,13-14,16H,7-9,20H2,1-2H3,(H,25,26)/t13?,14?,16-,19?/m1/s1. The zero-order valence-electron chi connectivity index (χ0n) is 16.5. The Bertz CT molecular complexity index is 954. The number of hydrogen-bond acceptors (Lipinski definition) is 9. The summed E-state index contributed by atoms with van der Waals surface area (Å²) >= 11 is 4.32. The SMILES string of the molecule is COc1ccc(CC2S[C@@H]3C(N)C(=O)N3CC2(CSc2nnc(C)s2)C(=O)O)cc1. The maximum absolute atomic E-state index is 12.6. The van der Waals surface area contributed by atoms with Gasteiger partial charge in [0.1, 0.15) is 27.6 Å². The molecule has 2 aliphatic rings. The molecule has 2 aliphatic heterocycles. The summed E-state index contributed by atoms with van der Waals surface area (Å²) in [7, 11) is 1.61. The predicted molar refractivity (Wildman–Crippen MR) is 117 cm³/mol. The summed E-state index contributed by atoms with van der Waals surface area (Å²) in [5.74, 6) is -0.0393. The molecule has 2 fully saturated rings. The molecule has 1 amide bonds. The van der Waals surface area contributed by atoms with Gasteiger partial charge < -0.3 is 20.5 Å². The average Bonchev–Trinajstić information content (AvgIpc) is 3.17. The molecule has 1 aromatic heterocycles. The third kappa shape index (κ3) is 3.79. The van der Waals surface area contributed by atoms with Crippen molar-refractivity contribution >= 4 is 46.7 Å². The van der Waals surface area contributed by atoms with Crippen molar-refractivity contribution in [2.24, 2.45) is 11.1 Å². The van der Waals surface area contributed by atoms with Crippen LogP contribution in [0.1, 0.15) is 10.6 Å². The Morgan fingerprint density at radius 2 is 2.13 bits per heavy atom. The minimum atomic E-state index is -1.12. The van der Waals surface area contributed by atoms with Crippen LogP contribution in [0.4, 0.5) is 0 Å². The summed E-state index contributed by atoms with van der Waals surface area (Å²) in [6.07, 6.45) is 0.557. The number of benzene rings is 1. The van der Waals surface area contributed by atoms with E-state index in [2.05, 4.69) is 10.2 Å². The van der Waals surface area contributed by atoms with E-state index in [9.17, 15) is 14.7 Å². The maximum atomic E-state index is 12.6. The summed E-state index contributed by atoms with van der Waals surface area (Å²) in [5.41, 5.74) is 5.90. The highest BCUT2D eigenvalue weighted by molar-refractivity contribution is 8.01. The molecule has 3 N–H and O–H groups in total. The molecule has 0 aliphatic carbocycles. The van der Waals surface area contributed by atoms with E-state index >= 15 is 0 Å². The zero-order valence-corrected chi connectivity index (χ0v) is 18.9. The Morgan fingerprint density at radius 3 is 2.73 bits per heavy atom. The number of aryl methyl sites for hydroxylation is 1. The summed E-state index contributed by atoms with van der Waals surface area (Å²) < 4.78 is 5.95. The number of aliphatic carboxylic acids is 1. The van der Waals surface area contributed by atoms with Gasteiger partial charge in [0.15, 0.2) is 4.34 Å². The lowest BCUT2D eigenvalue weighted by atomic mass is 9.81. The van der Waals surface area contributed by atoms with Crippen molar-refractivity contribution in [2.45, 2.75) is 34.3 Å². The molecule has 3 heterocycles. The third-order valence-corrected chi connectivity index (χ3v) is 9.52. The highest BCUT2D eigenvalue weighted by Gasteiger charge is 2.60. The Morgan fingerprint density at radius 1 is 1.40 bits per heavy atom. The Kier molecular flexibility index (Phi) is 5.97. The van der Waals surface area contributed by atoms with Crippen LogP contribution in [0.15, 0.2) is 28.6 Å². The van der Waals surface area contributed by atoms with Crippen LogP contribution in [-0.2, 0) is 16.0 Å². The number of rotatable bonds is 7. The second-order valence-electron chi connectivity index (χ2n) is 7.40. The number of fused-ring (bicyclic) bond motifs is 1.